The quantitative estimate of drug-likeness (QED) is 0.673. The summed E-state index contributed by atoms with van der Waals surface area (Å²) in [5.74, 6) is 0.261. The average Bonchev–Trinajstić information content (AvgIpc) is 3.43. The molecule has 0 radical (unpaired) electrons. The SMILES string of the molecule is CN(C)c1ncc(-c2ccc(F)cc2)c([C@@H]2CCCCN2C(=O)c2n[nH]c3c2CCC3)n1. The summed E-state index contributed by atoms with van der Waals surface area (Å²) in [5, 5.41) is 7.44. The van der Waals surface area contributed by atoms with Crippen LogP contribution in [0.4, 0.5) is 10.3 Å². The number of nitrogens with zero attached hydrogens (tertiary/aromatic N) is 5. The van der Waals surface area contributed by atoms with E-state index in [1.54, 1.807) is 18.3 Å². The van der Waals surface area contributed by atoms with E-state index >= 15 is 0 Å². The maximum absolute atomic E-state index is 13.7. The molecule has 2 aliphatic rings. The molecule has 1 atom stereocenters. The lowest BCUT2D eigenvalue weighted by molar-refractivity contribution is 0.0599. The van der Waals surface area contributed by atoms with Gasteiger partial charge in [-0.05, 0) is 56.2 Å². The van der Waals surface area contributed by atoms with Gasteiger partial charge in [-0.15, -0.1) is 0 Å². The zero-order chi connectivity index (χ0) is 22.2. The van der Waals surface area contributed by atoms with Crippen molar-refractivity contribution < 1.29 is 9.18 Å². The Morgan fingerprint density at radius 1 is 1.16 bits per heavy atom. The van der Waals surface area contributed by atoms with E-state index in [4.69, 9.17) is 4.98 Å². The van der Waals surface area contributed by atoms with Gasteiger partial charge in [0.1, 0.15) is 5.82 Å². The molecule has 0 saturated carbocycles. The Kier molecular flexibility index (Phi) is 5.36. The molecule has 5 rings (SSSR count). The molecule has 1 aliphatic heterocycles. The van der Waals surface area contributed by atoms with Gasteiger partial charge in [0.15, 0.2) is 5.69 Å². The highest BCUT2D eigenvalue weighted by Crippen LogP contribution is 2.38. The van der Waals surface area contributed by atoms with Crippen LogP contribution in [0.5, 0.6) is 0 Å². The van der Waals surface area contributed by atoms with Crippen LogP contribution in [0.1, 0.15) is 59.2 Å². The molecule has 7 nitrogen and oxygen atoms in total. The minimum atomic E-state index is -0.289. The van der Waals surface area contributed by atoms with Crippen molar-refractivity contribution in [2.24, 2.45) is 0 Å². The fourth-order valence-electron chi connectivity index (χ4n) is 4.80. The number of benzene rings is 1. The minimum absolute atomic E-state index is 0.0378. The Hall–Kier alpha value is -3.29. The zero-order valence-corrected chi connectivity index (χ0v) is 18.4. The van der Waals surface area contributed by atoms with Gasteiger partial charge in [0, 0.05) is 43.7 Å². The number of halogens is 1. The molecular weight excluding hydrogens is 407 g/mol. The molecule has 1 aromatic carbocycles. The monoisotopic (exact) mass is 434 g/mol. The van der Waals surface area contributed by atoms with Gasteiger partial charge < -0.3 is 9.80 Å². The number of fused-ring (bicyclic) bond motifs is 1. The standard InChI is InChI=1S/C24H27FN6O/c1-30(2)24-26-14-18(15-9-11-16(25)12-10-15)21(27-24)20-8-3-4-13-31(20)23(32)22-17-6-5-7-19(17)28-29-22/h9-12,14,20H,3-8,13H2,1-2H3,(H,28,29)/t20-/m0/s1. The summed E-state index contributed by atoms with van der Waals surface area (Å²) in [5.41, 5.74) is 5.17. The number of carbonyl (C=O) groups excluding carboxylic acids is 1. The largest absolute Gasteiger partial charge is 0.347 e. The van der Waals surface area contributed by atoms with Crippen LogP contribution in [0.3, 0.4) is 0 Å². The number of anilines is 1. The van der Waals surface area contributed by atoms with E-state index in [0.717, 1.165) is 66.6 Å². The highest BCUT2D eigenvalue weighted by Gasteiger charge is 2.35. The van der Waals surface area contributed by atoms with E-state index in [-0.39, 0.29) is 17.8 Å². The molecule has 3 heterocycles. The number of aryl methyl sites for hydroxylation is 1. The summed E-state index contributed by atoms with van der Waals surface area (Å²) in [4.78, 5) is 26.8. The summed E-state index contributed by atoms with van der Waals surface area (Å²) < 4.78 is 13.6. The van der Waals surface area contributed by atoms with Crippen molar-refractivity contribution in [3.8, 4) is 11.1 Å². The number of aromatic amines is 1. The van der Waals surface area contributed by atoms with E-state index < -0.39 is 0 Å². The predicted octanol–water partition coefficient (Wildman–Crippen LogP) is 3.93. The van der Waals surface area contributed by atoms with E-state index in [0.29, 0.717) is 18.2 Å². The number of nitrogens with one attached hydrogen (secondary N) is 1. The van der Waals surface area contributed by atoms with E-state index in [9.17, 15) is 9.18 Å². The first-order valence-corrected chi connectivity index (χ1v) is 11.2. The topological polar surface area (TPSA) is 78.0 Å². The lowest BCUT2D eigenvalue weighted by atomic mass is 9.93. The van der Waals surface area contributed by atoms with E-state index in [2.05, 4.69) is 15.2 Å². The van der Waals surface area contributed by atoms with Crippen molar-refractivity contribution in [2.75, 3.05) is 25.5 Å². The van der Waals surface area contributed by atoms with E-state index in [1.807, 2.05) is 23.9 Å². The molecule has 3 aromatic rings. The fourth-order valence-corrected chi connectivity index (χ4v) is 4.80. The summed E-state index contributed by atoms with van der Waals surface area (Å²) in [6.07, 6.45) is 7.46. The number of carbonyl (C=O) groups is 1. The lowest BCUT2D eigenvalue weighted by Crippen LogP contribution is -2.40. The molecular formula is C24H27FN6O. The van der Waals surface area contributed by atoms with Crippen molar-refractivity contribution in [1.29, 1.82) is 0 Å². The second kappa shape index (κ2) is 8.33. The van der Waals surface area contributed by atoms with Crippen LogP contribution >= 0.6 is 0 Å². The third-order valence-electron chi connectivity index (χ3n) is 6.45. The first kappa shape index (κ1) is 20.6. The first-order chi connectivity index (χ1) is 15.5. The van der Waals surface area contributed by atoms with Gasteiger partial charge in [-0.3, -0.25) is 9.89 Å². The van der Waals surface area contributed by atoms with Gasteiger partial charge in [-0.25, -0.2) is 14.4 Å². The molecule has 2 aromatic heterocycles. The maximum atomic E-state index is 13.7. The Morgan fingerprint density at radius 3 is 2.75 bits per heavy atom. The van der Waals surface area contributed by atoms with Crippen LogP contribution < -0.4 is 4.90 Å². The normalized spacial score (nSPS) is 18.0. The molecule has 32 heavy (non-hydrogen) atoms. The number of H-pyrrole nitrogens is 1. The number of hydrogen-bond donors (Lipinski definition) is 1. The second-order valence-corrected chi connectivity index (χ2v) is 8.76. The summed E-state index contributed by atoms with van der Waals surface area (Å²) >= 11 is 0. The minimum Gasteiger partial charge on any atom is -0.347 e. The van der Waals surface area contributed by atoms with Crippen molar-refractivity contribution in [2.45, 2.75) is 44.6 Å². The maximum Gasteiger partial charge on any atom is 0.275 e. The molecule has 8 heteroatoms. The van der Waals surface area contributed by atoms with Crippen molar-refractivity contribution >= 4 is 11.9 Å². The molecule has 1 aliphatic carbocycles. The van der Waals surface area contributed by atoms with Gasteiger partial charge >= 0.3 is 0 Å². The smallest absolute Gasteiger partial charge is 0.275 e. The summed E-state index contributed by atoms with van der Waals surface area (Å²) in [7, 11) is 3.79. The Bertz CT molecular complexity index is 1140. The number of amides is 1. The van der Waals surface area contributed by atoms with Crippen LogP contribution in [-0.4, -0.2) is 51.6 Å². The third kappa shape index (κ3) is 3.63. The Balaban J connectivity index is 1.58. The van der Waals surface area contributed by atoms with Gasteiger partial charge in [-0.2, -0.15) is 5.10 Å². The number of piperidine rings is 1. The second-order valence-electron chi connectivity index (χ2n) is 8.76. The Labute approximate surface area is 186 Å². The molecule has 1 N–H and O–H groups in total. The number of rotatable bonds is 4. The number of hydrogen-bond acceptors (Lipinski definition) is 5. The molecule has 0 bridgehead atoms. The molecule has 0 unspecified atom stereocenters. The van der Waals surface area contributed by atoms with Crippen molar-refractivity contribution in [1.82, 2.24) is 25.1 Å². The first-order valence-electron chi connectivity index (χ1n) is 11.2. The van der Waals surface area contributed by atoms with Crippen LogP contribution in [-0.2, 0) is 12.8 Å². The zero-order valence-electron chi connectivity index (χ0n) is 18.4. The Morgan fingerprint density at radius 2 is 1.97 bits per heavy atom. The van der Waals surface area contributed by atoms with Crippen molar-refractivity contribution in [3.63, 3.8) is 0 Å². The highest BCUT2D eigenvalue weighted by molar-refractivity contribution is 5.94. The number of likely N-dealkylation sites (tertiary alicyclic amines) is 1. The van der Waals surface area contributed by atoms with Crippen LogP contribution in [0.15, 0.2) is 30.5 Å². The predicted molar refractivity (Wildman–Crippen MR) is 120 cm³/mol. The van der Waals surface area contributed by atoms with Gasteiger partial charge in [-0.1, -0.05) is 12.1 Å². The van der Waals surface area contributed by atoms with Crippen LogP contribution in [0, 0.1) is 5.82 Å². The number of aromatic nitrogens is 4. The van der Waals surface area contributed by atoms with Gasteiger partial charge in [0.2, 0.25) is 5.95 Å². The molecule has 166 valence electrons. The average molecular weight is 435 g/mol. The highest BCUT2D eigenvalue weighted by atomic mass is 19.1. The fraction of sp³-hybridized carbons (Fsp3) is 0.417. The van der Waals surface area contributed by atoms with E-state index in [1.165, 1.54) is 12.1 Å². The molecule has 1 fully saturated rings. The molecule has 0 spiro atoms. The van der Waals surface area contributed by atoms with Gasteiger partial charge in [0.05, 0.1) is 11.7 Å². The third-order valence-corrected chi connectivity index (χ3v) is 6.45. The molecule has 1 amide bonds. The molecule has 1 saturated heterocycles. The van der Waals surface area contributed by atoms with Gasteiger partial charge in [0.25, 0.3) is 5.91 Å². The van der Waals surface area contributed by atoms with Crippen LogP contribution in [0.25, 0.3) is 11.1 Å². The van der Waals surface area contributed by atoms with Crippen LogP contribution in [0.2, 0.25) is 0 Å². The summed E-state index contributed by atoms with van der Waals surface area (Å²) in [6.45, 7) is 0.662. The lowest BCUT2D eigenvalue weighted by Gasteiger charge is -2.36. The van der Waals surface area contributed by atoms with Crippen molar-refractivity contribution in [3.05, 3.63) is 58.9 Å². The summed E-state index contributed by atoms with van der Waals surface area (Å²) in [6, 6.07) is 6.17.